The monoisotopic (exact) mass is 508 g/mol. The molecule has 3 aromatic rings. The second-order valence-electron chi connectivity index (χ2n) is 10.0. The van der Waals surface area contributed by atoms with E-state index in [2.05, 4.69) is 16.1 Å². The summed E-state index contributed by atoms with van der Waals surface area (Å²) in [6.45, 7) is 12.2. The lowest BCUT2D eigenvalue weighted by Gasteiger charge is -2.24. The predicted molar refractivity (Wildman–Crippen MR) is 146 cm³/mol. The minimum absolute atomic E-state index is 0.127. The molecule has 3 rings (SSSR count). The number of aryl methyl sites for hydroxylation is 4. The first-order valence-electron chi connectivity index (χ1n) is 12.1. The third-order valence-corrected chi connectivity index (χ3v) is 7.59. The minimum atomic E-state index is -3.74. The molecule has 3 aromatic carbocycles. The van der Waals surface area contributed by atoms with E-state index in [4.69, 9.17) is 4.74 Å². The molecule has 2 N–H and O–H groups in total. The van der Waals surface area contributed by atoms with Crippen molar-refractivity contribution in [1.82, 2.24) is 0 Å². The smallest absolute Gasteiger partial charge is 0.261 e. The third-order valence-electron chi connectivity index (χ3n) is 6.21. The molecule has 36 heavy (non-hydrogen) atoms. The van der Waals surface area contributed by atoms with Crippen molar-refractivity contribution in [1.29, 1.82) is 0 Å². The number of sulfonamides is 1. The Morgan fingerprint density at radius 1 is 0.861 bits per heavy atom. The van der Waals surface area contributed by atoms with Gasteiger partial charge in [-0.15, -0.1) is 0 Å². The molecule has 0 spiro atoms. The maximum absolute atomic E-state index is 12.9. The number of amides is 1. The van der Waals surface area contributed by atoms with Gasteiger partial charge in [0.05, 0.1) is 17.2 Å². The van der Waals surface area contributed by atoms with Crippen LogP contribution >= 0.6 is 0 Å². The molecule has 0 aliphatic rings. The van der Waals surface area contributed by atoms with E-state index in [-0.39, 0.29) is 10.8 Å². The minimum Gasteiger partial charge on any atom is -0.493 e. The van der Waals surface area contributed by atoms with Crippen molar-refractivity contribution in [2.45, 2.75) is 59.3 Å². The second-order valence-corrected chi connectivity index (χ2v) is 11.7. The van der Waals surface area contributed by atoms with E-state index in [9.17, 15) is 13.2 Å². The molecule has 0 atom stereocenters. The molecule has 0 saturated heterocycles. The highest BCUT2D eigenvalue weighted by Crippen LogP contribution is 2.27. The van der Waals surface area contributed by atoms with Crippen LogP contribution in [0.15, 0.2) is 65.6 Å². The van der Waals surface area contributed by atoms with Crippen LogP contribution in [0.2, 0.25) is 0 Å². The van der Waals surface area contributed by atoms with Crippen molar-refractivity contribution in [3.05, 3.63) is 82.9 Å². The number of ether oxygens (including phenoxy) is 1. The number of carbonyl (C=O) groups is 1. The Balaban J connectivity index is 1.55. The van der Waals surface area contributed by atoms with E-state index in [0.29, 0.717) is 24.4 Å². The molecular formula is C29H36N2O4S. The van der Waals surface area contributed by atoms with Gasteiger partial charge in [0.2, 0.25) is 5.91 Å². The van der Waals surface area contributed by atoms with Crippen LogP contribution in [-0.4, -0.2) is 20.9 Å². The quantitative estimate of drug-likeness (QED) is 0.304. The molecule has 192 valence electrons. The SMILES string of the molecule is Cc1ccc(NS(=O)(=O)c2ccc(NC(=O)C(C)(C)CCCOc3cc(C)ccc3C)cc2)c(C)c1. The van der Waals surface area contributed by atoms with Crippen LogP contribution in [-0.2, 0) is 14.8 Å². The molecule has 0 bridgehead atoms. The van der Waals surface area contributed by atoms with Crippen LogP contribution < -0.4 is 14.8 Å². The molecule has 0 fully saturated rings. The Morgan fingerprint density at radius 2 is 1.50 bits per heavy atom. The van der Waals surface area contributed by atoms with Crippen molar-refractivity contribution < 1.29 is 17.9 Å². The van der Waals surface area contributed by atoms with Gasteiger partial charge >= 0.3 is 0 Å². The molecule has 0 aliphatic carbocycles. The van der Waals surface area contributed by atoms with Crippen LogP contribution in [0.4, 0.5) is 11.4 Å². The highest BCUT2D eigenvalue weighted by molar-refractivity contribution is 7.92. The van der Waals surface area contributed by atoms with Gasteiger partial charge in [0.1, 0.15) is 5.75 Å². The van der Waals surface area contributed by atoms with Crippen molar-refractivity contribution >= 4 is 27.3 Å². The lowest BCUT2D eigenvalue weighted by molar-refractivity contribution is -0.124. The molecule has 7 heteroatoms. The third kappa shape index (κ3) is 7.10. The largest absolute Gasteiger partial charge is 0.493 e. The Labute approximate surface area is 215 Å². The summed E-state index contributed by atoms with van der Waals surface area (Å²) in [7, 11) is -3.74. The first-order valence-corrected chi connectivity index (χ1v) is 13.6. The fourth-order valence-electron chi connectivity index (χ4n) is 3.82. The normalized spacial score (nSPS) is 11.7. The van der Waals surface area contributed by atoms with Gasteiger partial charge in [0.15, 0.2) is 0 Å². The first-order chi connectivity index (χ1) is 16.9. The van der Waals surface area contributed by atoms with Gasteiger partial charge in [-0.25, -0.2) is 8.42 Å². The van der Waals surface area contributed by atoms with E-state index < -0.39 is 15.4 Å². The maximum atomic E-state index is 12.9. The van der Waals surface area contributed by atoms with E-state index in [1.54, 1.807) is 18.2 Å². The van der Waals surface area contributed by atoms with Gasteiger partial charge in [0, 0.05) is 11.1 Å². The van der Waals surface area contributed by atoms with Crippen molar-refractivity contribution in [2.24, 2.45) is 5.41 Å². The summed E-state index contributed by atoms with van der Waals surface area (Å²) >= 11 is 0. The molecule has 0 saturated carbocycles. The van der Waals surface area contributed by atoms with Gasteiger partial charge in [-0.1, -0.05) is 43.7 Å². The number of carbonyl (C=O) groups excluding carboxylic acids is 1. The first kappa shape index (κ1) is 27.3. The van der Waals surface area contributed by atoms with Gasteiger partial charge in [-0.05, 0) is 93.6 Å². The molecule has 0 aliphatic heterocycles. The van der Waals surface area contributed by atoms with Crippen molar-refractivity contribution in [3.63, 3.8) is 0 Å². The molecule has 0 unspecified atom stereocenters. The predicted octanol–water partition coefficient (Wildman–Crippen LogP) is 6.54. The number of hydrogen-bond donors (Lipinski definition) is 2. The van der Waals surface area contributed by atoms with Crippen molar-refractivity contribution in [3.8, 4) is 5.75 Å². The summed E-state index contributed by atoms with van der Waals surface area (Å²) < 4.78 is 34.2. The maximum Gasteiger partial charge on any atom is 0.261 e. The Bertz CT molecular complexity index is 1330. The van der Waals surface area contributed by atoms with Crippen molar-refractivity contribution in [2.75, 3.05) is 16.6 Å². The second kappa shape index (κ2) is 11.2. The zero-order valence-electron chi connectivity index (χ0n) is 21.9. The highest BCUT2D eigenvalue weighted by atomic mass is 32.2. The van der Waals surface area contributed by atoms with Gasteiger partial charge in [-0.2, -0.15) is 0 Å². The Hall–Kier alpha value is -3.32. The molecule has 6 nitrogen and oxygen atoms in total. The zero-order valence-corrected chi connectivity index (χ0v) is 22.8. The van der Waals surface area contributed by atoms with E-state index in [0.717, 1.165) is 34.4 Å². The average Bonchev–Trinajstić information content (AvgIpc) is 2.81. The van der Waals surface area contributed by atoms with Gasteiger partial charge in [-0.3, -0.25) is 9.52 Å². The van der Waals surface area contributed by atoms with Crippen LogP contribution in [0.1, 0.15) is 48.9 Å². The van der Waals surface area contributed by atoms with E-state index in [1.807, 2.05) is 65.8 Å². The number of anilines is 2. The number of nitrogens with one attached hydrogen (secondary N) is 2. The molecule has 0 aromatic heterocycles. The molecule has 1 amide bonds. The zero-order chi connectivity index (χ0) is 26.5. The summed E-state index contributed by atoms with van der Waals surface area (Å²) in [5.41, 5.74) is 4.63. The molecule has 0 heterocycles. The number of hydrogen-bond acceptors (Lipinski definition) is 4. The lowest BCUT2D eigenvalue weighted by Crippen LogP contribution is -2.31. The average molecular weight is 509 g/mol. The summed E-state index contributed by atoms with van der Waals surface area (Å²) in [5.74, 6) is 0.748. The Kier molecular flexibility index (Phi) is 8.46. The summed E-state index contributed by atoms with van der Waals surface area (Å²) in [6, 6.07) is 17.9. The highest BCUT2D eigenvalue weighted by Gasteiger charge is 2.27. The van der Waals surface area contributed by atoms with E-state index in [1.165, 1.54) is 12.1 Å². The number of benzene rings is 3. The Morgan fingerprint density at radius 3 is 2.17 bits per heavy atom. The summed E-state index contributed by atoms with van der Waals surface area (Å²) in [4.78, 5) is 13.0. The fraction of sp³-hybridized carbons (Fsp3) is 0.345. The topological polar surface area (TPSA) is 84.5 Å². The lowest BCUT2D eigenvalue weighted by atomic mass is 9.87. The molecular weight excluding hydrogens is 472 g/mol. The summed E-state index contributed by atoms with van der Waals surface area (Å²) in [5, 5.41) is 2.91. The van der Waals surface area contributed by atoms with Gasteiger partial charge < -0.3 is 10.1 Å². The van der Waals surface area contributed by atoms with Crippen LogP contribution in [0.3, 0.4) is 0 Å². The van der Waals surface area contributed by atoms with Gasteiger partial charge in [0.25, 0.3) is 10.0 Å². The number of rotatable bonds is 10. The van der Waals surface area contributed by atoms with Crippen LogP contribution in [0.5, 0.6) is 5.75 Å². The standard InChI is InChI=1S/C29H36N2O4S/c1-20-9-15-26(23(4)18-20)31-36(33,34)25-13-11-24(12-14-25)30-28(32)29(5,6)16-7-17-35-27-19-21(2)8-10-22(27)3/h8-15,18-19,31H,7,16-17H2,1-6H3,(H,30,32). The van der Waals surface area contributed by atoms with E-state index >= 15 is 0 Å². The molecule has 0 radical (unpaired) electrons. The van der Waals surface area contributed by atoms with Crippen LogP contribution in [0, 0.1) is 33.1 Å². The summed E-state index contributed by atoms with van der Waals surface area (Å²) in [6.07, 6.45) is 1.38. The van der Waals surface area contributed by atoms with Crippen LogP contribution in [0.25, 0.3) is 0 Å². The fourth-order valence-corrected chi connectivity index (χ4v) is 4.95.